The molecule has 13 heavy (non-hydrogen) atoms. The lowest BCUT2D eigenvalue weighted by molar-refractivity contribution is 0.473. The fraction of sp³-hybridized carbons (Fsp3) is 1.00. The monoisotopic (exact) mass is 250 g/mol. The first-order valence-corrected chi connectivity index (χ1v) is 7.40. The zero-order valence-electron chi connectivity index (χ0n) is 6.97. The summed E-state index contributed by atoms with van der Waals surface area (Å²) in [6.07, 6.45) is 0.805. The Balaban J connectivity index is 4.81. The molecule has 0 bridgehead atoms. The van der Waals surface area contributed by atoms with Crippen LogP contribution in [0.4, 0.5) is 0 Å². The largest absolute Gasteiger partial charge is 0.285 e. The van der Waals surface area contributed by atoms with Crippen molar-refractivity contribution in [2.75, 3.05) is 12.1 Å². The Morgan fingerprint density at radius 2 is 1.77 bits per heavy atom. The Bertz CT molecular complexity index is 311. The maximum atomic E-state index is 10.9. The second kappa shape index (κ2) is 4.59. The Hall–Kier alpha value is 0.150. The van der Waals surface area contributed by atoms with Crippen molar-refractivity contribution in [2.45, 2.75) is 17.4 Å². The van der Waals surface area contributed by atoms with Gasteiger partial charge in [0.25, 0.3) is 10.1 Å². The third-order valence-electron chi connectivity index (χ3n) is 1.38. The van der Waals surface area contributed by atoms with Crippen LogP contribution in [0.2, 0.25) is 0 Å². The fourth-order valence-electron chi connectivity index (χ4n) is 0.828. The Kier molecular flexibility index (Phi) is 4.64. The van der Waals surface area contributed by atoms with Crippen LogP contribution in [0, 0.1) is 0 Å². The van der Waals surface area contributed by atoms with Crippen LogP contribution in [0.5, 0.6) is 0 Å². The lowest BCUT2D eigenvalue weighted by atomic mass is 10.4. The minimum Gasteiger partial charge on any atom is -0.285 e. The molecule has 0 aliphatic rings. The van der Waals surface area contributed by atoms with E-state index in [1.165, 1.54) is 0 Å². The van der Waals surface area contributed by atoms with Crippen LogP contribution >= 0.6 is 11.6 Å². The first kappa shape index (κ1) is 13.2. The molecule has 80 valence electrons. The van der Waals surface area contributed by atoms with Crippen molar-refractivity contribution >= 4 is 31.6 Å². The number of rotatable bonds is 5. The van der Waals surface area contributed by atoms with E-state index in [1.54, 1.807) is 0 Å². The Morgan fingerprint density at radius 1 is 1.31 bits per heavy atom. The second-order valence-electron chi connectivity index (χ2n) is 2.61. The molecule has 0 amide bonds. The van der Waals surface area contributed by atoms with Gasteiger partial charge < -0.3 is 0 Å². The van der Waals surface area contributed by atoms with Gasteiger partial charge in [-0.25, -0.2) is 8.42 Å². The van der Waals surface area contributed by atoms with Crippen LogP contribution in [-0.4, -0.2) is 38.1 Å². The van der Waals surface area contributed by atoms with Gasteiger partial charge in [-0.2, -0.15) is 8.42 Å². The van der Waals surface area contributed by atoms with Crippen LogP contribution in [0.25, 0.3) is 0 Å². The van der Waals surface area contributed by atoms with Crippen molar-refractivity contribution in [3.63, 3.8) is 0 Å². The normalized spacial score (nSPS) is 15.6. The predicted molar refractivity (Wildman–Crippen MR) is 50.1 cm³/mol. The maximum absolute atomic E-state index is 10.9. The van der Waals surface area contributed by atoms with Gasteiger partial charge in [-0.3, -0.25) is 4.55 Å². The van der Waals surface area contributed by atoms with Crippen LogP contribution in [0.15, 0.2) is 0 Å². The quantitative estimate of drug-likeness (QED) is 0.559. The van der Waals surface area contributed by atoms with Gasteiger partial charge in [0.1, 0.15) is 0 Å². The van der Waals surface area contributed by atoms with Crippen molar-refractivity contribution in [3.05, 3.63) is 0 Å². The highest BCUT2D eigenvalue weighted by Gasteiger charge is 2.32. The summed E-state index contributed by atoms with van der Waals surface area (Å²) in [4.78, 5) is 0. The van der Waals surface area contributed by atoms with E-state index < -0.39 is 24.5 Å². The second-order valence-corrected chi connectivity index (χ2v) is 7.11. The summed E-state index contributed by atoms with van der Waals surface area (Å²) in [5.74, 6) is 0.154. The van der Waals surface area contributed by atoms with E-state index in [4.69, 9.17) is 16.2 Å². The van der Waals surface area contributed by atoms with Gasteiger partial charge in [-0.1, -0.05) is 0 Å². The summed E-state index contributed by atoms with van der Waals surface area (Å²) in [5.41, 5.74) is 0. The van der Waals surface area contributed by atoms with E-state index in [9.17, 15) is 16.8 Å². The van der Waals surface area contributed by atoms with Crippen molar-refractivity contribution in [1.82, 2.24) is 0 Å². The predicted octanol–water partition coefficient (Wildman–Crippen LogP) is 0.264. The van der Waals surface area contributed by atoms with Crippen LogP contribution in [0.1, 0.15) is 12.8 Å². The maximum Gasteiger partial charge on any atom is 0.282 e. The highest BCUT2D eigenvalue weighted by atomic mass is 35.5. The van der Waals surface area contributed by atoms with Crippen LogP contribution in [0.3, 0.4) is 0 Å². The standard InChI is InChI=1S/C5H11ClO5S2/c1-12(7,8)5(3-2-4-6)13(9,10)11/h5H,2-4H2,1H3,(H,9,10,11). The van der Waals surface area contributed by atoms with Gasteiger partial charge in [0, 0.05) is 12.1 Å². The number of sulfone groups is 1. The van der Waals surface area contributed by atoms with Gasteiger partial charge in [-0.05, 0) is 12.8 Å². The SMILES string of the molecule is CS(=O)(=O)C(CCCCl)S(=O)(=O)O. The molecule has 0 aliphatic carbocycles. The van der Waals surface area contributed by atoms with Crippen molar-refractivity contribution in [1.29, 1.82) is 0 Å². The number of hydrogen-bond donors (Lipinski definition) is 1. The van der Waals surface area contributed by atoms with E-state index in [1.807, 2.05) is 0 Å². The minimum absolute atomic E-state index is 0.154. The van der Waals surface area contributed by atoms with Gasteiger partial charge in [-0.15, -0.1) is 11.6 Å². The number of halogens is 1. The summed E-state index contributed by atoms with van der Waals surface area (Å²) in [6, 6.07) is 0. The van der Waals surface area contributed by atoms with Gasteiger partial charge in [0.15, 0.2) is 14.4 Å². The third-order valence-corrected chi connectivity index (χ3v) is 5.52. The van der Waals surface area contributed by atoms with Gasteiger partial charge in [0.05, 0.1) is 0 Å². The molecule has 1 unspecified atom stereocenters. The fourth-order valence-corrected chi connectivity index (χ4v) is 3.81. The van der Waals surface area contributed by atoms with Crippen LogP contribution in [-0.2, 0) is 20.0 Å². The third kappa shape index (κ3) is 4.80. The molecular formula is C5H11ClO5S2. The molecule has 0 saturated heterocycles. The molecule has 0 rings (SSSR count). The molecule has 0 saturated carbocycles. The molecule has 1 atom stereocenters. The van der Waals surface area contributed by atoms with Gasteiger partial charge >= 0.3 is 0 Å². The van der Waals surface area contributed by atoms with E-state index in [-0.39, 0.29) is 18.7 Å². The van der Waals surface area contributed by atoms with E-state index >= 15 is 0 Å². The number of hydrogen-bond acceptors (Lipinski definition) is 4. The van der Waals surface area contributed by atoms with Crippen LogP contribution < -0.4 is 0 Å². The molecule has 0 heterocycles. The topological polar surface area (TPSA) is 88.5 Å². The highest BCUT2D eigenvalue weighted by molar-refractivity contribution is 8.06. The Morgan fingerprint density at radius 3 is 2.00 bits per heavy atom. The minimum atomic E-state index is -4.54. The molecule has 1 N–H and O–H groups in total. The van der Waals surface area contributed by atoms with E-state index in [2.05, 4.69) is 0 Å². The molecule has 0 radical (unpaired) electrons. The average Bonchev–Trinajstić information content (AvgIpc) is 1.81. The van der Waals surface area contributed by atoms with Crippen molar-refractivity contribution in [2.24, 2.45) is 0 Å². The molecule has 0 aromatic heterocycles. The molecule has 0 spiro atoms. The smallest absolute Gasteiger partial charge is 0.282 e. The summed E-state index contributed by atoms with van der Waals surface area (Å²) < 4.78 is 49.9. The molecule has 0 aromatic carbocycles. The van der Waals surface area contributed by atoms with E-state index in [0.29, 0.717) is 0 Å². The molecule has 5 nitrogen and oxygen atoms in total. The molecule has 0 aromatic rings. The molecule has 0 fully saturated rings. The molecular weight excluding hydrogens is 240 g/mol. The highest BCUT2D eigenvalue weighted by Crippen LogP contribution is 2.13. The van der Waals surface area contributed by atoms with Crippen molar-refractivity contribution in [3.8, 4) is 0 Å². The first-order chi connectivity index (χ1) is 5.69. The first-order valence-electron chi connectivity index (χ1n) is 3.40. The lowest BCUT2D eigenvalue weighted by Crippen LogP contribution is -2.29. The Labute approximate surface area is 82.8 Å². The lowest BCUT2D eigenvalue weighted by Gasteiger charge is -2.10. The zero-order chi connectivity index (χ0) is 10.7. The summed E-state index contributed by atoms with van der Waals surface area (Å²) in [6.45, 7) is 0. The summed E-state index contributed by atoms with van der Waals surface area (Å²) in [5, 5.41) is 0. The summed E-state index contributed by atoms with van der Waals surface area (Å²) in [7, 11) is -8.33. The van der Waals surface area contributed by atoms with Gasteiger partial charge in [0.2, 0.25) is 0 Å². The molecule has 0 aliphatic heterocycles. The zero-order valence-corrected chi connectivity index (χ0v) is 9.36. The summed E-state index contributed by atoms with van der Waals surface area (Å²) >= 11 is 5.27. The average molecular weight is 251 g/mol. The van der Waals surface area contributed by atoms with E-state index in [0.717, 1.165) is 6.26 Å². The van der Waals surface area contributed by atoms with Crippen molar-refractivity contribution < 1.29 is 21.4 Å². The number of alkyl halides is 1. The molecule has 8 heteroatoms.